The second-order valence-corrected chi connectivity index (χ2v) is 4.72. The number of nitro benzene ring substituents is 1. The van der Waals surface area contributed by atoms with E-state index in [1.165, 1.54) is 18.2 Å². The van der Waals surface area contributed by atoms with Gasteiger partial charge in [0.2, 0.25) is 5.91 Å². The number of nitro groups is 1. The molecule has 0 aliphatic rings. The van der Waals surface area contributed by atoms with E-state index >= 15 is 0 Å². The third-order valence-electron chi connectivity index (χ3n) is 2.19. The molecule has 18 heavy (non-hydrogen) atoms. The minimum Gasteiger partial charge on any atom is -0.392 e. The summed E-state index contributed by atoms with van der Waals surface area (Å²) >= 11 is 3.19. The molecule has 98 valence electrons. The number of benzene rings is 1. The molecule has 0 aliphatic heterocycles. The molecule has 0 aliphatic carbocycles. The van der Waals surface area contributed by atoms with Crippen molar-refractivity contribution >= 4 is 27.5 Å². The average molecular weight is 317 g/mol. The molecule has 1 aromatic carbocycles. The Bertz CT molecular complexity index is 462. The van der Waals surface area contributed by atoms with Crippen LogP contribution in [0.15, 0.2) is 22.7 Å². The van der Waals surface area contributed by atoms with E-state index < -0.39 is 11.0 Å². The molecule has 1 unspecified atom stereocenters. The van der Waals surface area contributed by atoms with Gasteiger partial charge in [0.25, 0.3) is 5.69 Å². The van der Waals surface area contributed by atoms with Gasteiger partial charge in [-0.1, -0.05) is 22.0 Å². The molecular weight excluding hydrogens is 304 g/mol. The highest BCUT2D eigenvalue weighted by Gasteiger charge is 2.12. The molecule has 0 heterocycles. The van der Waals surface area contributed by atoms with Crippen LogP contribution in [0.4, 0.5) is 5.69 Å². The lowest BCUT2D eigenvalue weighted by Gasteiger charge is -2.08. The van der Waals surface area contributed by atoms with Crippen molar-refractivity contribution in [2.45, 2.75) is 19.4 Å². The Morgan fingerprint density at radius 1 is 1.61 bits per heavy atom. The van der Waals surface area contributed by atoms with Gasteiger partial charge < -0.3 is 10.4 Å². The number of rotatable bonds is 5. The number of non-ortho nitro benzene ring substituents is 1. The highest BCUT2D eigenvalue weighted by molar-refractivity contribution is 9.10. The smallest absolute Gasteiger partial charge is 0.270 e. The third kappa shape index (κ3) is 4.42. The lowest BCUT2D eigenvalue weighted by atomic mass is 10.1. The molecule has 0 saturated carbocycles. The molecule has 0 radical (unpaired) electrons. The molecule has 2 N–H and O–H groups in total. The average Bonchev–Trinajstić information content (AvgIpc) is 2.29. The van der Waals surface area contributed by atoms with Gasteiger partial charge in [0.1, 0.15) is 0 Å². The molecule has 0 bridgehead atoms. The molecule has 0 saturated heterocycles. The van der Waals surface area contributed by atoms with E-state index in [1.54, 1.807) is 6.92 Å². The maximum atomic E-state index is 11.5. The van der Waals surface area contributed by atoms with E-state index in [0.29, 0.717) is 10.0 Å². The summed E-state index contributed by atoms with van der Waals surface area (Å²) < 4.78 is 0.517. The summed E-state index contributed by atoms with van der Waals surface area (Å²) in [7, 11) is 0. The van der Waals surface area contributed by atoms with Gasteiger partial charge in [0.15, 0.2) is 0 Å². The maximum Gasteiger partial charge on any atom is 0.270 e. The number of amides is 1. The molecular formula is C11H13BrN2O4. The SMILES string of the molecule is CC(O)CNC(=O)Cc1ccc([N+](=O)[O-])cc1Br. The van der Waals surface area contributed by atoms with Gasteiger partial charge in [-0.3, -0.25) is 14.9 Å². The number of carbonyl (C=O) groups excluding carboxylic acids is 1. The molecule has 1 amide bonds. The molecule has 1 rings (SSSR count). The zero-order chi connectivity index (χ0) is 13.7. The summed E-state index contributed by atoms with van der Waals surface area (Å²) in [6, 6.07) is 4.24. The third-order valence-corrected chi connectivity index (χ3v) is 2.93. The minimum absolute atomic E-state index is 0.0324. The second-order valence-electron chi connectivity index (χ2n) is 3.86. The standard InChI is InChI=1S/C11H13BrN2O4/c1-7(15)6-13-11(16)4-8-2-3-9(14(17)18)5-10(8)12/h2-3,5,7,15H,4,6H2,1H3,(H,13,16). The van der Waals surface area contributed by atoms with Gasteiger partial charge in [0.05, 0.1) is 17.4 Å². The lowest BCUT2D eigenvalue weighted by molar-refractivity contribution is -0.384. The van der Waals surface area contributed by atoms with Crippen LogP contribution in [0.5, 0.6) is 0 Å². The predicted octanol–water partition coefficient (Wildman–Crippen LogP) is 1.40. The van der Waals surface area contributed by atoms with Crippen LogP contribution < -0.4 is 5.32 Å². The fraction of sp³-hybridized carbons (Fsp3) is 0.364. The minimum atomic E-state index is -0.603. The van der Waals surface area contributed by atoms with Gasteiger partial charge in [0, 0.05) is 23.2 Å². The number of carbonyl (C=O) groups is 1. The fourth-order valence-corrected chi connectivity index (χ4v) is 1.80. The van der Waals surface area contributed by atoms with Crippen molar-refractivity contribution in [2.75, 3.05) is 6.54 Å². The Balaban J connectivity index is 2.68. The molecule has 6 nitrogen and oxygen atoms in total. The summed E-state index contributed by atoms with van der Waals surface area (Å²) in [6.07, 6.45) is -0.500. The molecule has 0 fully saturated rings. The van der Waals surface area contributed by atoms with Crippen LogP contribution in [0, 0.1) is 10.1 Å². The van der Waals surface area contributed by atoms with Gasteiger partial charge in [-0.2, -0.15) is 0 Å². The van der Waals surface area contributed by atoms with Crippen LogP contribution >= 0.6 is 15.9 Å². The summed E-state index contributed by atoms with van der Waals surface area (Å²) in [5, 5.41) is 22.1. The van der Waals surface area contributed by atoms with Crippen LogP contribution in [0.2, 0.25) is 0 Å². The normalized spacial score (nSPS) is 11.9. The number of hydrogen-bond donors (Lipinski definition) is 2. The van der Waals surface area contributed by atoms with E-state index in [0.717, 1.165) is 0 Å². The van der Waals surface area contributed by atoms with E-state index in [9.17, 15) is 14.9 Å². The van der Waals surface area contributed by atoms with Gasteiger partial charge >= 0.3 is 0 Å². The monoisotopic (exact) mass is 316 g/mol. The van der Waals surface area contributed by atoms with E-state index in [-0.39, 0.29) is 24.6 Å². The van der Waals surface area contributed by atoms with Crippen molar-refractivity contribution in [1.82, 2.24) is 5.32 Å². The first kappa shape index (κ1) is 14.6. The quantitative estimate of drug-likeness (QED) is 0.634. The number of aliphatic hydroxyl groups is 1. The Morgan fingerprint density at radius 3 is 2.78 bits per heavy atom. The molecule has 1 atom stereocenters. The van der Waals surface area contributed by atoms with Gasteiger partial charge in [-0.15, -0.1) is 0 Å². The Morgan fingerprint density at radius 2 is 2.28 bits per heavy atom. The van der Waals surface area contributed by atoms with Crippen LogP contribution in [-0.2, 0) is 11.2 Å². The van der Waals surface area contributed by atoms with Crippen molar-refractivity contribution in [3.63, 3.8) is 0 Å². The highest BCUT2D eigenvalue weighted by atomic mass is 79.9. The summed E-state index contributed by atoms with van der Waals surface area (Å²) in [5.74, 6) is -0.245. The van der Waals surface area contributed by atoms with Gasteiger partial charge in [-0.25, -0.2) is 0 Å². The predicted molar refractivity (Wildman–Crippen MR) is 69.2 cm³/mol. The molecule has 0 aromatic heterocycles. The van der Waals surface area contributed by atoms with Gasteiger partial charge in [-0.05, 0) is 12.5 Å². The topological polar surface area (TPSA) is 92.5 Å². The first-order valence-electron chi connectivity index (χ1n) is 5.27. The van der Waals surface area contributed by atoms with Crippen LogP contribution in [-0.4, -0.2) is 28.6 Å². The van der Waals surface area contributed by atoms with Crippen molar-refractivity contribution in [3.05, 3.63) is 38.3 Å². The lowest BCUT2D eigenvalue weighted by Crippen LogP contribution is -2.31. The van der Waals surface area contributed by atoms with Crippen molar-refractivity contribution in [1.29, 1.82) is 0 Å². The fourth-order valence-electron chi connectivity index (χ4n) is 1.29. The van der Waals surface area contributed by atoms with E-state index in [4.69, 9.17) is 5.11 Å². The number of hydrogen-bond acceptors (Lipinski definition) is 4. The Hall–Kier alpha value is -1.47. The highest BCUT2D eigenvalue weighted by Crippen LogP contribution is 2.23. The number of aliphatic hydroxyl groups excluding tert-OH is 1. The van der Waals surface area contributed by atoms with Crippen LogP contribution in [0.3, 0.4) is 0 Å². The largest absolute Gasteiger partial charge is 0.392 e. The van der Waals surface area contributed by atoms with Crippen molar-refractivity contribution < 1.29 is 14.8 Å². The Kier molecular flexibility index (Phi) is 5.24. The van der Waals surface area contributed by atoms with E-state index in [2.05, 4.69) is 21.2 Å². The first-order chi connectivity index (χ1) is 8.40. The number of halogens is 1. The zero-order valence-corrected chi connectivity index (χ0v) is 11.3. The van der Waals surface area contributed by atoms with Crippen LogP contribution in [0.1, 0.15) is 12.5 Å². The number of nitrogens with zero attached hydrogens (tertiary/aromatic N) is 1. The Labute approximate surface area is 112 Å². The summed E-state index contributed by atoms with van der Waals surface area (Å²) in [4.78, 5) is 21.6. The summed E-state index contributed by atoms with van der Waals surface area (Å²) in [5.41, 5.74) is 0.624. The van der Waals surface area contributed by atoms with Crippen LogP contribution in [0.25, 0.3) is 0 Å². The van der Waals surface area contributed by atoms with E-state index in [1.807, 2.05) is 0 Å². The van der Waals surface area contributed by atoms with Crippen molar-refractivity contribution in [3.8, 4) is 0 Å². The maximum absolute atomic E-state index is 11.5. The first-order valence-corrected chi connectivity index (χ1v) is 6.07. The molecule has 0 spiro atoms. The summed E-state index contributed by atoms with van der Waals surface area (Å²) in [6.45, 7) is 1.76. The molecule has 7 heteroatoms. The zero-order valence-electron chi connectivity index (χ0n) is 9.72. The molecule has 1 aromatic rings. The number of nitrogens with one attached hydrogen (secondary N) is 1. The van der Waals surface area contributed by atoms with Crippen molar-refractivity contribution in [2.24, 2.45) is 0 Å². The second kappa shape index (κ2) is 6.46.